The minimum absolute atomic E-state index is 0.0432. The maximum atomic E-state index is 13.0. The molecule has 1 amide bonds. The smallest absolute Gasteiger partial charge is 0.252 e. The molecule has 31 heavy (non-hydrogen) atoms. The molecule has 2 atom stereocenters. The lowest BCUT2D eigenvalue weighted by Gasteiger charge is -2.32. The van der Waals surface area contributed by atoms with E-state index in [1.807, 2.05) is 54.5 Å². The second-order valence-electron chi connectivity index (χ2n) is 8.01. The molecule has 0 spiro atoms. The average molecular weight is 435 g/mol. The molecule has 0 saturated heterocycles. The molecule has 6 nitrogen and oxygen atoms in total. The van der Waals surface area contributed by atoms with E-state index in [4.69, 9.17) is 4.74 Å². The predicted molar refractivity (Wildman–Crippen MR) is 121 cm³/mol. The Hall–Kier alpha value is -3.11. The first kappa shape index (κ1) is 21.1. The summed E-state index contributed by atoms with van der Waals surface area (Å²) in [5.74, 6) is 0.788. The Labute approximate surface area is 186 Å². The minimum atomic E-state index is -0.0432. The summed E-state index contributed by atoms with van der Waals surface area (Å²) in [7, 11) is 1.92. The van der Waals surface area contributed by atoms with Gasteiger partial charge in [-0.3, -0.25) is 9.48 Å². The van der Waals surface area contributed by atoms with Gasteiger partial charge in [-0.1, -0.05) is 25.0 Å². The molecule has 4 rings (SSSR count). The molecule has 1 aliphatic rings. The molecule has 0 bridgehead atoms. The van der Waals surface area contributed by atoms with Gasteiger partial charge in [0, 0.05) is 40.5 Å². The SMILES string of the molecule is Cc1c(-c2cc(C(=O)N[C@@H]3CCCC[C@H]3COc3ccccc3C#N)cs2)cnn1C. The quantitative estimate of drug-likeness (QED) is 0.610. The van der Waals surface area contributed by atoms with Crippen LogP contribution in [0, 0.1) is 24.2 Å². The molecule has 3 aromatic rings. The number of amides is 1. The summed E-state index contributed by atoms with van der Waals surface area (Å²) < 4.78 is 7.82. The van der Waals surface area contributed by atoms with Crippen LogP contribution in [-0.2, 0) is 7.05 Å². The van der Waals surface area contributed by atoms with Gasteiger partial charge in [-0.05, 0) is 38.0 Å². The highest BCUT2D eigenvalue weighted by atomic mass is 32.1. The fraction of sp³-hybridized carbons (Fsp3) is 0.375. The topological polar surface area (TPSA) is 79.9 Å². The molecular weight excluding hydrogens is 408 g/mol. The normalized spacial score (nSPS) is 18.4. The van der Waals surface area contributed by atoms with E-state index in [9.17, 15) is 10.1 Å². The summed E-state index contributed by atoms with van der Waals surface area (Å²) in [5.41, 5.74) is 3.36. The Bertz CT molecular complexity index is 1110. The third kappa shape index (κ3) is 4.64. The van der Waals surface area contributed by atoms with Crippen LogP contribution in [0.15, 0.2) is 41.9 Å². The third-order valence-electron chi connectivity index (χ3n) is 6.05. The number of thiophene rings is 1. The molecule has 1 aliphatic carbocycles. The molecule has 7 heteroatoms. The molecule has 2 aromatic heterocycles. The largest absolute Gasteiger partial charge is 0.492 e. The number of carbonyl (C=O) groups is 1. The van der Waals surface area contributed by atoms with Gasteiger partial charge in [0.05, 0.1) is 23.9 Å². The Morgan fingerprint density at radius 1 is 1.35 bits per heavy atom. The zero-order valence-electron chi connectivity index (χ0n) is 17.8. The fourth-order valence-electron chi connectivity index (χ4n) is 4.07. The average Bonchev–Trinajstić information content (AvgIpc) is 3.40. The first-order valence-electron chi connectivity index (χ1n) is 10.6. The van der Waals surface area contributed by atoms with Crippen molar-refractivity contribution in [3.05, 3.63) is 58.7 Å². The molecule has 0 radical (unpaired) electrons. The zero-order valence-corrected chi connectivity index (χ0v) is 18.6. The number of hydrogen-bond donors (Lipinski definition) is 1. The molecule has 1 aromatic carbocycles. The van der Waals surface area contributed by atoms with Crippen LogP contribution < -0.4 is 10.1 Å². The van der Waals surface area contributed by atoms with Crippen LogP contribution in [0.3, 0.4) is 0 Å². The van der Waals surface area contributed by atoms with E-state index >= 15 is 0 Å². The Balaban J connectivity index is 1.42. The Morgan fingerprint density at radius 2 is 2.16 bits per heavy atom. The van der Waals surface area contributed by atoms with Crippen molar-refractivity contribution in [2.24, 2.45) is 13.0 Å². The van der Waals surface area contributed by atoms with E-state index in [-0.39, 0.29) is 17.9 Å². The molecule has 1 fully saturated rings. The van der Waals surface area contributed by atoms with Crippen LogP contribution in [0.1, 0.15) is 47.3 Å². The highest BCUT2D eigenvalue weighted by Crippen LogP contribution is 2.30. The van der Waals surface area contributed by atoms with Gasteiger partial charge in [-0.15, -0.1) is 11.3 Å². The number of hydrogen-bond acceptors (Lipinski definition) is 5. The van der Waals surface area contributed by atoms with Crippen molar-refractivity contribution in [2.75, 3.05) is 6.61 Å². The molecule has 0 aliphatic heterocycles. The number of ether oxygens (including phenoxy) is 1. The van der Waals surface area contributed by atoms with Crippen molar-refractivity contribution in [2.45, 2.75) is 38.6 Å². The number of carbonyl (C=O) groups excluding carboxylic acids is 1. The monoisotopic (exact) mass is 434 g/mol. The number of nitrogens with zero attached hydrogens (tertiary/aromatic N) is 3. The van der Waals surface area contributed by atoms with Gasteiger partial charge < -0.3 is 10.1 Å². The molecular formula is C24H26N4O2S. The van der Waals surface area contributed by atoms with Gasteiger partial charge >= 0.3 is 0 Å². The maximum Gasteiger partial charge on any atom is 0.252 e. The summed E-state index contributed by atoms with van der Waals surface area (Å²) in [5, 5.41) is 18.7. The number of aromatic nitrogens is 2. The number of para-hydroxylation sites is 1. The summed E-state index contributed by atoms with van der Waals surface area (Å²) >= 11 is 1.56. The van der Waals surface area contributed by atoms with Crippen molar-refractivity contribution < 1.29 is 9.53 Å². The standard InChI is InChI=1S/C24H26N4O2S/c1-16-20(13-26-28(16)2)23-11-19(15-31-23)24(29)27-21-9-5-3-8-18(21)14-30-22-10-6-4-7-17(22)12-25/h4,6-7,10-11,13,15,18,21H,3,5,8-9,14H2,1-2H3,(H,27,29)/t18-,21+/m0/s1. The van der Waals surface area contributed by atoms with Crippen LogP contribution in [0.4, 0.5) is 0 Å². The van der Waals surface area contributed by atoms with Crippen LogP contribution in [-0.4, -0.2) is 28.3 Å². The molecule has 0 unspecified atom stereocenters. The van der Waals surface area contributed by atoms with E-state index < -0.39 is 0 Å². The zero-order chi connectivity index (χ0) is 21.8. The molecule has 1 saturated carbocycles. The number of rotatable bonds is 6. The van der Waals surface area contributed by atoms with Crippen molar-refractivity contribution in [3.63, 3.8) is 0 Å². The third-order valence-corrected chi connectivity index (χ3v) is 7.01. The van der Waals surface area contributed by atoms with Gasteiger partial charge in [-0.25, -0.2) is 0 Å². The second-order valence-corrected chi connectivity index (χ2v) is 8.92. The van der Waals surface area contributed by atoms with E-state index in [2.05, 4.69) is 16.5 Å². The van der Waals surface area contributed by atoms with E-state index in [0.29, 0.717) is 23.5 Å². The molecule has 160 valence electrons. The van der Waals surface area contributed by atoms with E-state index in [1.165, 1.54) is 0 Å². The lowest BCUT2D eigenvalue weighted by atomic mass is 9.85. The Kier molecular flexibility index (Phi) is 6.38. The first-order valence-corrected chi connectivity index (χ1v) is 11.4. The summed E-state index contributed by atoms with van der Waals surface area (Å²) in [4.78, 5) is 14.0. The van der Waals surface area contributed by atoms with Crippen LogP contribution in [0.5, 0.6) is 5.75 Å². The van der Waals surface area contributed by atoms with Crippen LogP contribution >= 0.6 is 11.3 Å². The second kappa shape index (κ2) is 9.36. The highest BCUT2D eigenvalue weighted by Gasteiger charge is 2.28. The van der Waals surface area contributed by atoms with E-state index in [1.54, 1.807) is 17.4 Å². The van der Waals surface area contributed by atoms with Crippen LogP contribution in [0.2, 0.25) is 0 Å². The maximum absolute atomic E-state index is 13.0. The summed E-state index contributed by atoms with van der Waals surface area (Å²) in [6.45, 7) is 2.52. The lowest BCUT2D eigenvalue weighted by molar-refractivity contribution is 0.0882. The lowest BCUT2D eigenvalue weighted by Crippen LogP contribution is -2.44. The number of nitriles is 1. The summed E-state index contributed by atoms with van der Waals surface area (Å²) in [6, 6.07) is 11.5. The van der Waals surface area contributed by atoms with Crippen molar-refractivity contribution in [3.8, 4) is 22.3 Å². The number of aryl methyl sites for hydroxylation is 1. The van der Waals surface area contributed by atoms with Crippen molar-refractivity contribution in [1.82, 2.24) is 15.1 Å². The Morgan fingerprint density at radius 3 is 2.94 bits per heavy atom. The first-order chi connectivity index (χ1) is 15.1. The highest BCUT2D eigenvalue weighted by molar-refractivity contribution is 7.13. The molecule has 2 heterocycles. The van der Waals surface area contributed by atoms with Gasteiger partial charge in [0.2, 0.25) is 0 Å². The molecule has 1 N–H and O–H groups in total. The van der Waals surface area contributed by atoms with Crippen molar-refractivity contribution >= 4 is 17.2 Å². The fourth-order valence-corrected chi connectivity index (χ4v) is 5.02. The van der Waals surface area contributed by atoms with Crippen LogP contribution in [0.25, 0.3) is 10.4 Å². The van der Waals surface area contributed by atoms with Gasteiger partial charge in [0.1, 0.15) is 11.8 Å². The predicted octanol–water partition coefficient (Wildman–Crippen LogP) is 4.70. The number of benzene rings is 1. The van der Waals surface area contributed by atoms with Gasteiger partial charge in [-0.2, -0.15) is 10.4 Å². The summed E-state index contributed by atoms with van der Waals surface area (Å²) in [6.07, 6.45) is 6.02. The van der Waals surface area contributed by atoms with Crippen molar-refractivity contribution in [1.29, 1.82) is 5.26 Å². The minimum Gasteiger partial charge on any atom is -0.492 e. The van der Waals surface area contributed by atoms with Gasteiger partial charge in [0.25, 0.3) is 5.91 Å². The number of nitrogens with one attached hydrogen (secondary N) is 1. The van der Waals surface area contributed by atoms with E-state index in [0.717, 1.165) is 41.8 Å². The van der Waals surface area contributed by atoms with Gasteiger partial charge in [0.15, 0.2) is 0 Å².